The second kappa shape index (κ2) is 2.99. The van der Waals surface area contributed by atoms with Crippen LogP contribution in [0.5, 0.6) is 0 Å². The minimum atomic E-state index is -0.996. The molecule has 0 spiro atoms. The zero-order chi connectivity index (χ0) is 10.3. The minimum absolute atomic E-state index is 0.0382. The number of nitrogen functional groups attached to an aromatic ring is 1. The van der Waals surface area contributed by atoms with Crippen molar-refractivity contribution in [3.8, 4) is 0 Å². The Labute approximate surface area is 81.5 Å². The van der Waals surface area contributed by atoms with E-state index in [1.807, 2.05) is 0 Å². The van der Waals surface area contributed by atoms with Gasteiger partial charge in [0.15, 0.2) is 0 Å². The van der Waals surface area contributed by atoms with Crippen LogP contribution in [0.15, 0.2) is 12.1 Å². The summed E-state index contributed by atoms with van der Waals surface area (Å²) in [5.74, 6) is -0.996. The van der Waals surface area contributed by atoms with E-state index < -0.39 is 5.97 Å². The van der Waals surface area contributed by atoms with Crippen molar-refractivity contribution in [2.45, 2.75) is 18.9 Å². The number of nitrogens with two attached hydrogens (primary N) is 2. The number of carbonyl (C=O) groups is 1. The highest BCUT2D eigenvalue weighted by molar-refractivity contribution is 5.94. The maximum absolute atomic E-state index is 10.8. The SMILES string of the molecule is Nc1cc2c(cc1C(=O)O)[C@@H](N)CC2. The summed E-state index contributed by atoms with van der Waals surface area (Å²) < 4.78 is 0. The number of fused-ring (bicyclic) bond motifs is 1. The number of anilines is 1. The van der Waals surface area contributed by atoms with E-state index in [1.54, 1.807) is 12.1 Å². The molecule has 0 unspecified atom stereocenters. The lowest BCUT2D eigenvalue weighted by atomic mass is 10.0. The third-order valence-electron chi connectivity index (χ3n) is 2.67. The Morgan fingerprint density at radius 3 is 2.86 bits per heavy atom. The van der Waals surface area contributed by atoms with Crippen LogP contribution in [0, 0.1) is 0 Å². The Hall–Kier alpha value is -1.55. The molecule has 0 radical (unpaired) electrons. The minimum Gasteiger partial charge on any atom is -0.478 e. The molecular weight excluding hydrogens is 180 g/mol. The highest BCUT2D eigenvalue weighted by Gasteiger charge is 2.22. The maximum atomic E-state index is 10.8. The molecule has 0 heterocycles. The quantitative estimate of drug-likeness (QED) is 0.577. The normalized spacial score (nSPS) is 19.4. The van der Waals surface area contributed by atoms with Gasteiger partial charge in [-0.3, -0.25) is 0 Å². The van der Waals surface area contributed by atoms with Crippen LogP contribution in [-0.4, -0.2) is 11.1 Å². The summed E-state index contributed by atoms with van der Waals surface area (Å²) in [5.41, 5.74) is 13.9. The van der Waals surface area contributed by atoms with E-state index in [1.165, 1.54) is 0 Å². The predicted molar refractivity (Wildman–Crippen MR) is 53.1 cm³/mol. The number of benzene rings is 1. The lowest BCUT2D eigenvalue weighted by molar-refractivity contribution is 0.0698. The molecule has 0 aliphatic heterocycles. The Bertz CT molecular complexity index is 401. The van der Waals surface area contributed by atoms with Gasteiger partial charge in [0.25, 0.3) is 0 Å². The van der Waals surface area contributed by atoms with Gasteiger partial charge >= 0.3 is 5.97 Å². The number of carboxylic acid groups (broad SMARTS) is 1. The first kappa shape index (κ1) is 9.02. The zero-order valence-corrected chi connectivity index (χ0v) is 7.66. The highest BCUT2D eigenvalue weighted by atomic mass is 16.4. The van der Waals surface area contributed by atoms with Crippen LogP contribution < -0.4 is 11.5 Å². The second-order valence-electron chi connectivity index (χ2n) is 3.59. The van der Waals surface area contributed by atoms with Gasteiger partial charge < -0.3 is 16.6 Å². The topological polar surface area (TPSA) is 89.3 Å². The molecule has 0 amide bonds. The smallest absolute Gasteiger partial charge is 0.337 e. The van der Waals surface area contributed by atoms with E-state index in [-0.39, 0.29) is 11.6 Å². The molecule has 1 aromatic rings. The van der Waals surface area contributed by atoms with Crippen LogP contribution >= 0.6 is 0 Å². The van der Waals surface area contributed by atoms with Crippen LogP contribution in [0.3, 0.4) is 0 Å². The van der Waals surface area contributed by atoms with Crippen LogP contribution in [0.2, 0.25) is 0 Å². The van der Waals surface area contributed by atoms with Gasteiger partial charge in [-0.1, -0.05) is 0 Å². The number of aromatic carboxylic acids is 1. The molecule has 1 aliphatic rings. The summed E-state index contributed by atoms with van der Waals surface area (Å²) >= 11 is 0. The fraction of sp³-hybridized carbons (Fsp3) is 0.300. The first-order valence-electron chi connectivity index (χ1n) is 4.50. The predicted octanol–water partition coefficient (Wildman–Crippen LogP) is 0.913. The van der Waals surface area contributed by atoms with Crippen LogP contribution in [0.25, 0.3) is 0 Å². The lowest BCUT2D eigenvalue weighted by Crippen LogP contribution is -2.08. The van der Waals surface area contributed by atoms with Gasteiger partial charge in [0.2, 0.25) is 0 Å². The maximum Gasteiger partial charge on any atom is 0.337 e. The van der Waals surface area contributed by atoms with Gasteiger partial charge in [-0.2, -0.15) is 0 Å². The third-order valence-corrected chi connectivity index (χ3v) is 2.67. The van der Waals surface area contributed by atoms with Crippen molar-refractivity contribution < 1.29 is 9.90 Å². The molecule has 0 aromatic heterocycles. The first-order chi connectivity index (χ1) is 6.59. The molecule has 14 heavy (non-hydrogen) atoms. The van der Waals surface area contributed by atoms with Crippen LogP contribution in [-0.2, 0) is 6.42 Å². The number of hydrogen-bond donors (Lipinski definition) is 3. The van der Waals surface area contributed by atoms with E-state index in [9.17, 15) is 4.79 Å². The molecule has 0 bridgehead atoms. The molecule has 2 rings (SSSR count). The third kappa shape index (κ3) is 1.24. The standard InChI is InChI=1S/C10H12N2O2/c11-8-2-1-5-3-9(12)7(10(13)14)4-6(5)8/h3-4,8H,1-2,11-12H2,(H,13,14)/t8-/m0/s1. The Balaban J connectivity index is 2.57. The molecular formula is C10H12N2O2. The van der Waals surface area contributed by atoms with Gasteiger partial charge in [-0.15, -0.1) is 0 Å². The summed E-state index contributed by atoms with van der Waals surface area (Å²) in [6, 6.07) is 3.29. The largest absolute Gasteiger partial charge is 0.478 e. The molecule has 0 saturated carbocycles. The molecule has 1 aromatic carbocycles. The van der Waals surface area contributed by atoms with Gasteiger partial charge in [0, 0.05) is 11.7 Å². The van der Waals surface area contributed by atoms with Crippen molar-refractivity contribution in [1.82, 2.24) is 0 Å². The molecule has 4 heteroatoms. The number of hydrogen-bond acceptors (Lipinski definition) is 3. The molecule has 1 aliphatic carbocycles. The first-order valence-corrected chi connectivity index (χ1v) is 4.50. The van der Waals surface area contributed by atoms with Crippen molar-refractivity contribution in [2.24, 2.45) is 5.73 Å². The van der Waals surface area contributed by atoms with E-state index >= 15 is 0 Å². The van der Waals surface area contributed by atoms with Gasteiger partial charge in [-0.25, -0.2) is 4.79 Å². The number of rotatable bonds is 1. The molecule has 0 fully saturated rings. The monoisotopic (exact) mass is 192 g/mol. The summed E-state index contributed by atoms with van der Waals surface area (Å²) in [7, 11) is 0. The highest BCUT2D eigenvalue weighted by Crippen LogP contribution is 2.32. The van der Waals surface area contributed by atoms with Crippen LogP contribution in [0.4, 0.5) is 5.69 Å². The molecule has 74 valence electrons. The molecule has 1 atom stereocenters. The van der Waals surface area contributed by atoms with Gasteiger partial charge in [0.05, 0.1) is 5.56 Å². The molecule has 4 nitrogen and oxygen atoms in total. The van der Waals surface area contributed by atoms with Crippen molar-refractivity contribution in [2.75, 3.05) is 5.73 Å². The summed E-state index contributed by atoms with van der Waals surface area (Å²) in [4.78, 5) is 10.8. The Morgan fingerprint density at radius 2 is 2.21 bits per heavy atom. The Kier molecular flexibility index (Phi) is 1.93. The van der Waals surface area contributed by atoms with E-state index in [0.29, 0.717) is 5.69 Å². The molecule has 5 N–H and O–H groups in total. The van der Waals surface area contributed by atoms with E-state index in [2.05, 4.69) is 0 Å². The molecule has 0 saturated heterocycles. The van der Waals surface area contributed by atoms with E-state index in [0.717, 1.165) is 24.0 Å². The van der Waals surface area contributed by atoms with E-state index in [4.69, 9.17) is 16.6 Å². The van der Waals surface area contributed by atoms with Crippen molar-refractivity contribution in [3.63, 3.8) is 0 Å². The van der Waals surface area contributed by atoms with Crippen molar-refractivity contribution in [3.05, 3.63) is 28.8 Å². The fourth-order valence-electron chi connectivity index (χ4n) is 1.89. The Morgan fingerprint density at radius 1 is 1.50 bits per heavy atom. The number of carboxylic acids is 1. The van der Waals surface area contributed by atoms with Gasteiger partial charge in [-0.05, 0) is 36.1 Å². The van der Waals surface area contributed by atoms with Gasteiger partial charge in [0.1, 0.15) is 0 Å². The summed E-state index contributed by atoms with van der Waals surface area (Å²) in [6.07, 6.45) is 1.76. The van der Waals surface area contributed by atoms with Crippen LogP contribution in [0.1, 0.15) is 33.9 Å². The van der Waals surface area contributed by atoms with Crippen molar-refractivity contribution >= 4 is 11.7 Å². The van der Waals surface area contributed by atoms with Crippen molar-refractivity contribution in [1.29, 1.82) is 0 Å². The average molecular weight is 192 g/mol. The second-order valence-corrected chi connectivity index (χ2v) is 3.59. The number of aryl methyl sites for hydroxylation is 1. The zero-order valence-electron chi connectivity index (χ0n) is 7.66. The summed E-state index contributed by atoms with van der Waals surface area (Å²) in [6.45, 7) is 0. The lowest BCUT2D eigenvalue weighted by Gasteiger charge is -2.08. The summed E-state index contributed by atoms with van der Waals surface area (Å²) in [5, 5.41) is 8.86. The average Bonchev–Trinajstić information content (AvgIpc) is 2.46. The fourth-order valence-corrected chi connectivity index (χ4v) is 1.89.